The Hall–Kier alpha value is -1.58. The lowest BCUT2D eigenvalue weighted by molar-refractivity contribution is 0.493. The normalized spacial score (nSPS) is 12.5. The molecule has 2 aromatic rings. The number of benzene rings is 1. The smallest absolute Gasteiger partial charge is 0.105 e. The van der Waals surface area contributed by atoms with Gasteiger partial charge in [0.15, 0.2) is 0 Å². The van der Waals surface area contributed by atoms with Crippen molar-refractivity contribution in [2.45, 2.75) is 12.3 Å². The van der Waals surface area contributed by atoms with Gasteiger partial charge in [-0.3, -0.25) is 0 Å². The first-order valence-corrected chi connectivity index (χ1v) is 6.38. The first kappa shape index (κ1) is 12.9. The Labute approximate surface area is 108 Å². The third kappa shape index (κ3) is 3.72. The van der Waals surface area contributed by atoms with Crippen molar-refractivity contribution in [1.29, 1.82) is 0 Å². The average molecular weight is 244 g/mol. The van der Waals surface area contributed by atoms with Gasteiger partial charge in [0.25, 0.3) is 0 Å². The molecule has 18 heavy (non-hydrogen) atoms. The van der Waals surface area contributed by atoms with Gasteiger partial charge in [0.1, 0.15) is 5.76 Å². The molecular weight excluding hydrogens is 224 g/mol. The lowest BCUT2D eigenvalue weighted by atomic mass is 9.99. The SMILES string of the molecule is NCC(CNCCc1ccco1)c1ccccc1. The van der Waals surface area contributed by atoms with E-state index in [1.807, 2.05) is 18.2 Å². The van der Waals surface area contributed by atoms with Gasteiger partial charge in [-0.15, -0.1) is 0 Å². The number of nitrogens with one attached hydrogen (secondary N) is 1. The Morgan fingerprint density at radius 3 is 2.61 bits per heavy atom. The molecule has 0 radical (unpaired) electrons. The minimum atomic E-state index is 0.378. The quantitative estimate of drug-likeness (QED) is 0.734. The minimum Gasteiger partial charge on any atom is -0.469 e. The Morgan fingerprint density at radius 2 is 1.94 bits per heavy atom. The fourth-order valence-electron chi connectivity index (χ4n) is 2.01. The van der Waals surface area contributed by atoms with Crippen molar-refractivity contribution in [3.8, 4) is 0 Å². The molecule has 0 saturated carbocycles. The largest absolute Gasteiger partial charge is 0.469 e. The van der Waals surface area contributed by atoms with Gasteiger partial charge < -0.3 is 15.5 Å². The summed E-state index contributed by atoms with van der Waals surface area (Å²) < 4.78 is 5.29. The molecule has 0 spiro atoms. The van der Waals surface area contributed by atoms with E-state index in [9.17, 15) is 0 Å². The summed E-state index contributed by atoms with van der Waals surface area (Å²) in [4.78, 5) is 0. The highest BCUT2D eigenvalue weighted by Crippen LogP contribution is 2.12. The van der Waals surface area contributed by atoms with Crippen LogP contribution in [0.2, 0.25) is 0 Å². The van der Waals surface area contributed by atoms with E-state index in [1.165, 1.54) is 5.56 Å². The predicted octanol–water partition coefficient (Wildman–Crippen LogP) is 2.15. The Balaban J connectivity index is 1.74. The highest BCUT2D eigenvalue weighted by molar-refractivity contribution is 5.20. The summed E-state index contributed by atoms with van der Waals surface area (Å²) in [6.07, 6.45) is 2.63. The monoisotopic (exact) mass is 244 g/mol. The van der Waals surface area contributed by atoms with E-state index in [0.717, 1.165) is 25.3 Å². The molecule has 1 heterocycles. The van der Waals surface area contributed by atoms with Gasteiger partial charge >= 0.3 is 0 Å². The highest BCUT2D eigenvalue weighted by Gasteiger charge is 2.08. The minimum absolute atomic E-state index is 0.378. The summed E-state index contributed by atoms with van der Waals surface area (Å²) in [7, 11) is 0. The van der Waals surface area contributed by atoms with Gasteiger partial charge in [-0.05, 0) is 17.7 Å². The first-order chi connectivity index (χ1) is 8.90. The van der Waals surface area contributed by atoms with Crippen LogP contribution in [0.15, 0.2) is 53.1 Å². The molecule has 1 unspecified atom stereocenters. The van der Waals surface area contributed by atoms with Crippen LogP contribution < -0.4 is 11.1 Å². The van der Waals surface area contributed by atoms with E-state index < -0.39 is 0 Å². The summed E-state index contributed by atoms with van der Waals surface area (Å²) in [6, 6.07) is 14.3. The molecule has 0 bridgehead atoms. The molecule has 3 nitrogen and oxygen atoms in total. The summed E-state index contributed by atoms with van der Waals surface area (Å²) in [5.41, 5.74) is 7.12. The molecule has 0 aliphatic carbocycles. The number of nitrogens with two attached hydrogens (primary N) is 1. The molecule has 96 valence electrons. The van der Waals surface area contributed by atoms with Gasteiger partial charge in [-0.2, -0.15) is 0 Å². The van der Waals surface area contributed by atoms with Gasteiger partial charge in [0.05, 0.1) is 6.26 Å². The molecule has 2 rings (SSSR count). The molecule has 1 aromatic carbocycles. The second-order valence-electron chi connectivity index (χ2n) is 4.38. The molecular formula is C15H20N2O. The molecule has 1 aromatic heterocycles. The summed E-state index contributed by atoms with van der Waals surface area (Å²) in [5.74, 6) is 1.40. The van der Waals surface area contributed by atoms with Crippen LogP contribution in [0, 0.1) is 0 Å². The van der Waals surface area contributed by atoms with Crippen molar-refractivity contribution in [3.63, 3.8) is 0 Å². The standard InChI is InChI=1S/C15H20N2O/c16-11-14(13-5-2-1-3-6-13)12-17-9-8-15-7-4-10-18-15/h1-7,10,14,17H,8-9,11-12,16H2. The number of hydrogen-bond donors (Lipinski definition) is 2. The van der Waals surface area contributed by atoms with Crippen molar-refractivity contribution >= 4 is 0 Å². The summed E-state index contributed by atoms with van der Waals surface area (Å²) in [6.45, 7) is 2.48. The number of hydrogen-bond acceptors (Lipinski definition) is 3. The molecule has 3 heteroatoms. The zero-order valence-corrected chi connectivity index (χ0v) is 10.5. The topological polar surface area (TPSA) is 51.2 Å². The van der Waals surface area contributed by atoms with Gasteiger partial charge in [-0.25, -0.2) is 0 Å². The van der Waals surface area contributed by atoms with E-state index >= 15 is 0 Å². The summed E-state index contributed by atoms with van der Waals surface area (Å²) in [5, 5.41) is 3.43. The lowest BCUT2D eigenvalue weighted by Crippen LogP contribution is -2.28. The molecule has 0 aliphatic rings. The van der Waals surface area contributed by atoms with Gasteiger partial charge in [-0.1, -0.05) is 30.3 Å². The van der Waals surface area contributed by atoms with Crippen molar-refractivity contribution in [3.05, 3.63) is 60.1 Å². The third-order valence-corrected chi connectivity index (χ3v) is 3.07. The molecule has 1 atom stereocenters. The van der Waals surface area contributed by atoms with Crippen LogP contribution in [-0.2, 0) is 6.42 Å². The number of furan rings is 1. The maximum Gasteiger partial charge on any atom is 0.105 e. The fourth-order valence-corrected chi connectivity index (χ4v) is 2.01. The third-order valence-electron chi connectivity index (χ3n) is 3.07. The Bertz CT molecular complexity index is 425. The van der Waals surface area contributed by atoms with Gasteiger partial charge in [0.2, 0.25) is 0 Å². The second kappa shape index (κ2) is 6.99. The molecule has 0 aliphatic heterocycles. The van der Waals surface area contributed by atoms with Crippen LogP contribution in [0.3, 0.4) is 0 Å². The molecule has 3 N–H and O–H groups in total. The van der Waals surface area contributed by atoms with Crippen LogP contribution in [0.5, 0.6) is 0 Å². The lowest BCUT2D eigenvalue weighted by Gasteiger charge is -2.15. The van der Waals surface area contributed by atoms with Crippen LogP contribution in [-0.4, -0.2) is 19.6 Å². The zero-order chi connectivity index (χ0) is 12.6. The zero-order valence-electron chi connectivity index (χ0n) is 10.5. The average Bonchev–Trinajstić information content (AvgIpc) is 2.93. The second-order valence-corrected chi connectivity index (χ2v) is 4.38. The molecule has 0 fully saturated rings. The van der Waals surface area contributed by atoms with Crippen LogP contribution in [0.4, 0.5) is 0 Å². The van der Waals surface area contributed by atoms with Crippen molar-refractivity contribution < 1.29 is 4.42 Å². The van der Waals surface area contributed by atoms with E-state index in [1.54, 1.807) is 6.26 Å². The Morgan fingerprint density at radius 1 is 1.11 bits per heavy atom. The van der Waals surface area contributed by atoms with Crippen molar-refractivity contribution in [1.82, 2.24) is 5.32 Å². The van der Waals surface area contributed by atoms with Crippen LogP contribution >= 0.6 is 0 Å². The Kier molecular flexibility index (Phi) is 5.00. The molecule has 0 saturated heterocycles. The fraction of sp³-hybridized carbons (Fsp3) is 0.333. The van der Waals surface area contributed by atoms with Crippen molar-refractivity contribution in [2.24, 2.45) is 5.73 Å². The molecule has 0 amide bonds. The maximum atomic E-state index is 5.82. The predicted molar refractivity (Wildman–Crippen MR) is 73.5 cm³/mol. The van der Waals surface area contributed by atoms with Gasteiger partial charge in [0, 0.05) is 32.0 Å². The first-order valence-electron chi connectivity index (χ1n) is 6.38. The van der Waals surface area contributed by atoms with Crippen molar-refractivity contribution in [2.75, 3.05) is 19.6 Å². The van der Waals surface area contributed by atoms with E-state index in [-0.39, 0.29) is 0 Å². The van der Waals surface area contributed by atoms with Crippen LogP contribution in [0.1, 0.15) is 17.2 Å². The van der Waals surface area contributed by atoms with E-state index in [2.05, 4.69) is 29.6 Å². The van der Waals surface area contributed by atoms with E-state index in [4.69, 9.17) is 10.2 Å². The van der Waals surface area contributed by atoms with Crippen LogP contribution in [0.25, 0.3) is 0 Å². The maximum absolute atomic E-state index is 5.82. The highest BCUT2D eigenvalue weighted by atomic mass is 16.3. The van der Waals surface area contributed by atoms with E-state index in [0.29, 0.717) is 12.5 Å². The number of rotatable bonds is 7. The summed E-state index contributed by atoms with van der Waals surface area (Å²) >= 11 is 0.